The standard InChI is InChI=1S/C11H19N3O4S/c1-2-19(17,18)7-6-14-9(15)11(13-10(14)16)4-3-5-12-8-11/h12H,2-8H2,1H3,(H,13,16). The van der Waals surface area contributed by atoms with E-state index >= 15 is 0 Å². The summed E-state index contributed by atoms with van der Waals surface area (Å²) in [6, 6.07) is -0.486. The summed E-state index contributed by atoms with van der Waals surface area (Å²) in [6.07, 6.45) is 1.41. The van der Waals surface area contributed by atoms with Crippen molar-refractivity contribution in [1.82, 2.24) is 15.5 Å². The molecule has 0 aromatic carbocycles. The molecule has 0 radical (unpaired) electrons. The van der Waals surface area contributed by atoms with E-state index in [2.05, 4.69) is 10.6 Å². The largest absolute Gasteiger partial charge is 0.325 e. The first-order valence-corrected chi connectivity index (χ1v) is 8.28. The van der Waals surface area contributed by atoms with Crippen LogP contribution in [0.15, 0.2) is 0 Å². The molecule has 0 aromatic heterocycles. The van der Waals surface area contributed by atoms with Crippen molar-refractivity contribution in [1.29, 1.82) is 0 Å². The number of sulfone groups is 1. The third kappa shape index (κ3) is 2.74. The van der Waals surface area contributed by atoms with Crippen LogP contribution in [0.5, 0.6) is 0 Å². The summed E-state index contributed by atoms with van der Waals surface area (Å²) in [4.78, 5) is 25.2. The average Bonchev–Trinajstić information content (AvgIpc) is 2.60. The number of rotatable bonds is 4. The predicted molar refractivity (Wildman–Crippen MR) is 69.4 cm³/mol. The first-order chi connectivity index (χ1) is 8.90. The number of hydrogen-bond acceptors (Lipinski definition) is 5. The summed E-state index contributed by atoms with van der Waals surface area (Å²) in [5.41, 5.74) is -0.870. The van der Waals surface area contributed by atoms with E-state index < -0.39 is 21.4 Å². The molecule has 2 saturated heterocycles. The Morgan fingerprint density at radius 1 is 1.37 bits per heavy atom. The molecule has 0 saturated carbocycles. The van der Waals surface area contributed by atoms with Gasteiger partial charge in [0.25, 0.3) is 5.91 Å². The minimum absolute atomic E-state index is 0.0172. The summed E-state index contributed by atoms with van der Waals surface area (Å²) in [7, 11) is -3.19. The van der Waals surface area contributed by atoms with Crippen LogP contribution in [-0.2, 0) is 14.6 Å². The third-order valence-electron chi connectivity index (χ3n) is 3.70. The topological polar surface area (TPSA) is 95.6 Å². The molecule has 7 nitrogen and oxygen atoms in total. The Balaban J connectivity index is 2.06. The lowest BCUT2D eigenvalue weighted by atomic mass is 9.90. The minimum atomic E-state index is -3.19. The highest BCUT2D eigenvalue weighted by molar-refractivity contribution is 7.91. The Morgan fingerprint density at radius 3 is 2.68 bits per heavy atom. The van der Waals surface area contributed by atoms with Crippen molar-refractivity contribution in [3.8, 4) is 0 Å². The molecule has 3 amide bonds. The molecule has 8 heteroatoms. The van der Waals surface area contributed by atoms with E-state index in [4.69, 9.17) is 0 Å². The van der Waals surface area contributed by atoms with Crippen molar-refractivity contribution in [3.63, 3.8) is 0 Å². The number of imide groups is 1. The van der Waals surface area contributed by atoms with Crippen LogP contribution in [0, 0.1) is 0 Å². The molecule has 2 heterocycles. The molecule has 1 spiro atoms. The molecule has 2 aliphatic rings. The second-order valence-corrected chi connectivity index (χ2v) is 7.46. The van der Waals surface area contributed by atoms with Crippen molar-refractivity contribution in [3.05, 3.63) is 0 Å². The van der Waals surface area contributed by atoms with E-state index in [0.717, 1.165) is 17.9 Å². The van der Waals surface area contributed by atoms with Gasteiger partial charge in [-0.1, -0.05) is 6.92 Å². The molecule has 2 rings (SSSR count). The lowest BCUT2D eigenvalue weighted by Gasteiger charge is -2.31. The van der Waals surface area contributed by atoms with E-state index in [9.17, 15) is 18.0 Å². The fourth-order valence-electron chi connectivity index (χ4n) is 2.45. The molecule has 0 aliphatic carbocycles. The Morgan fingerprint density at radius 2 is 2.11 bits per heavy atom. The van der Waals surface area contributed by atoms with E-state index in [1.54, 1.807) is 6.92 Å². The summed E-state index contributed by atoms with van der Waals surface area (Å²) < 4.78 is 22.9. The molecule has 2 N–H and O–H groups in total. The Labute approximate surface area is 112 Å². The zero-order valence-electron chi connectivity index (χ0n) is 10.9. The summed E-state index contributed by atoms with van der Waals surface area (Å²) in [5.74, 6) is -0.466. The van der Waals surface area contributed by atoms with E-state index in [1.807, 2.05) is 0 Å². The highest BCUT2D eigenvalue weighted by atomic mass is 32.2. The number of hydrogen-bond donors (Lipinski definition) is 2. The van der Waals surface area contributed by atoms with Gasteiger partial charge in [0.05, 0.1) is 5.75 Å². The van der Waals surface area contributed by atoms with Gasteiger partial charge in [0.1, 0.15) is 5.54 Å². The van der Waals surface area contributed by atoms with Crippen LogP contribution in [0.3, 0.4) is 0 Å². The van der Waals surface area contributed by atoms with E-state index in [0.29, 0.717) is 13.0 Å². The van der Waals surface area contributed by atoms with Crippen molar-refractivity contribution in [2.45, 2.75) is 25.3 Å². The molecule has 1 atom stereocenters. The van der Waals surface area contributed by atoms with Crippen molar-refractivity contribution >= 4 is 21.8 Å². The Hall–Kier alpha value is -1.15. The first kappa shape index (κ1) is 14.3. The Bertz CT molecular complexity index is 482. The Kier molecular flexibility index (Phi) is 3.82. The average molecular weight is 289 g/mol. The molecule has 2 fully saturated rings. The van der Waals surface area contributed by atoms with Crippen LogP contribution in [-0.4, -0.2) is 61.9 Å². The summed E-state index contributed by atoms with van der Waals surface area (Å²) >= 11 is 0. The second-order valence-electron chi connectivity index (χ2n) is 4.99. The molecule has 0 aromatic rings. The van der Waals surface area contributed by atoms with Crippen LogP contribution < -0.4 is 10.6 Å². The van der Waals surface area contributed by atoms with Gasteiger partial charge in [-0.15, -0.1) is 0 Å². The highest BCUT2D eigenvalue weighted by Crippen LogP contribution is 2.24. The van der Waals surface area contributed by atoms with Crippen molar-refractivity contribution < 1.29 is 18.0 Å². The number of nitrogens with one attached hydrogen (secondary N) is 2. The zero-order valence-corrected chi connectivity index (χ0v) is 11.8. The first-order valence-electron chi connectivity index (χ1n) is 6.45. The molecule has 2 aliphatic heterocycles. The van der Waals surface area contributed by atoms with Gasteiger partial charge in [0, 0.05) is 18.8 Å². The molecule has 0 bridgehead atoms. The monoisotopic (exact) mass is 289 g/mol. The molecule has 19 heavy (non-hydrogen) atoms. The summed E-state index contributed by atoms with van der Waals surface area (Å²) in [6.45, 7) is 2.72. The molecule has 108 valence electrons. The third-order valence-corrected chi connectivity index (χ3v) is 5.38. The van der Waals surface area contributed by atoms with Crippen LogP contribution in [0.25, 0.3) is 0 Å². The van der Waals surface area contributed by atoms with Crippen molar-refractivity contribution in [2.24, 2.45) is 0 Å². The van der Waals surface area contributed by atoms with E-state index in [1.165, 1.54) is 0 Å². The van der Waals surface area contributed by atoms with Gasteiger partial charge in [0.2, 0.25) is 0 Å². The van der Waals surface area contributed by atoms with Crippen LogP contribution in [0.1, 0.15) is 19.8 Å². The number of nitrogens with zero attached hydrogens (tertiary/aromatic N) is 1. The predicted octanol–water partition coefficient (Wildman–Crippen LogP) is -0.905. The minimum Gasteiger partial charge on any atom is -0.322 e. The van der Waals surface area contributed by atoms with Crippen LogP contribution >= 0.6 is 0 Å². The number of carbonyl (C=O) groups is 2. The lowest BCUT2D eigenvalue weighted by molar-refractivity contribution is -0.131. The van der Waals surface area contributed by atoms with Gasteiger partial charge < -0.3 is 10.6 Å². The highest BCUT2D eigenvalue weighted by Gasteiger charge is 2.51. The normalized spacial score (nSPS) is 27.9. The maximum Gasteiger partial charge on any atom is 0.325 e. The lowest BCUT2D eigenvalue weighted by Crippen LogP contribution is -2.57. The van der Waals surface area contributed by atoms with Gasteiger partial charge in [-0.25, -0.2) is 13.2 Å². The fraction of sp³-hybridized carbons (Fsp3) is 0.818. The number of amides is 3. The fourth-order valence-corrected chi connectivity index (χ4v) is 3.20. The van der Waals surface area contributed by atoms with Gasteiger partial charge in [-0.05, 0) is 19.4 Å². The maximum absolute atomic E-state index is 12.3. The number of carbonyl (C=O) groups excluding carboxylic acids is 2. The smallest absolute Gasteiger partial charge is 0.322 e. The number of urea groups is 1. The summed E-state index contributed by atoms with van der Waals surface area (Å²) in [5, 5.41) is 5.80. The second kappa shape index (κ2) is 5.09. The molecular formula is C11H19N3O4S. The van der Waals surface area contributed by atoms with Gasteiger partial charge in [-0.3, -0.25) is 9.69 Å². The SMILES string of the molecule is CCS(=O)(=O)CCN1C(=O)NC2(CCCNC2)C1=O. The maximum atomic E-state index is 12.3. The van der Waals surface area contributed by atoms with Crippen LogP contribution in [0.2, 0.25) is 0 Å². The molecular weight excluding hydrogens is 270 g/mol. The molecule has 1 unspecified atom stereocenters. The number of piperidine rings is 1. The van der Waals surface area contributed by atoms with E-state index in [-0.39, 0.29) is 24.0 Å². The van der Waals surface area contributed by atoms with Gasteiger partial charge >= 0.3 is 6.03 Å². The quantitative estimate of drug-likeness (QED) is 0.654. The van der Waals surface area contributed by atoms with Gasteiger partial charge in [0.15, 0.2) is 9.84 Å². The van der Waals surface area contributed by atoms with Gasteiger partial charge in [-0.2, -0.15) is 0 Å². The zero-order chi connectivity index (χ0) is 14.1. The van der Waals surface area contributed by atoms with Crippen molar-refractivity contribution in [2.75, 3.05) is 31.1 Å². The van der Waals surface area contributed by atoms with Crippen LogP contribution in [0.4, 0.5) is 4.79 Å².